The van der Waals surface area contributed by atoms with E-state index in [1.807, 2.05) is 55.5 Å². The number of nitrogens with one attached hydrogen (secondary N) is 1. The number of benzene rings is 2. The molecule has 5 rings (SSSR count). The topological polar surface area (TPSA) is 64.6 Å². The van der Waals surface area contributed by atoms with Gasteiger partial charge in [0.15, 0.2) is 0 Å². The van der Waals surface area contributed by atoms with E-state index in [0.29, 0.717) is 11.4 Å². The van der Waals surface area contributed by atoms with Gasteiger partial charge in [0.1, 0.15) is 17.6 Å². The number of ether oxygens (including phenoxy) is 2. The predicted octanol–water partition coefficient (Wildman–Crippen LogP) is 3.92. The van der Waals surface area contributed by atoms with Crippen molar-refractivity contribution >= 4 is 17.6 Å². The van der Waals surface area contributed by atoms with Crippen LogP contribution in [-0.4, -0.2) is 18.0 Å². The van der Waals surface area contributed by atoms with Crippen LogP contribution in [-0.2, 0) is 14.3 Å². The normalized spacial score (nSPS) is 30.3. The number of rotatable bonds is 4. The molecule has 2 aliphatic carbocycles. The molecule has 0 spiro atoms. The molecule has 2 aromatic carbocycles. The van der Waals surface area contributed by atoms with Gasteiger partial charge >= 0.3 is 5.97 Å². The summed E-state index contributed by atoms with van der Waals surface area (Å²) in [5.74, 6) is 1.25. The van der Waals surface area contributed by atoms with Crippen LogP contribution in [0.2, 0.25) is 0 Å². The lowest BCUT2D eigenvalue weighted by molar-refractivity contribution is -0.145. The monoisotopic (exact) mass is 363 g/mol. The van der Waals surface area contributed by atoms with Crippen molar-refractivity contribution in [3.63, 3.8) is 0 Å². The fourth-order valence-corrected chi connectivity index (χ4v) is 4.99. The van der Waals surface area contributed by atoms with Gasteiger partial charge in [0.25, 0.3) is 0 Å². The van der Waals surface area contributed by atoms with E-state index in [1.54, 1.807) is 0 Å². The van der Waals surface area contributed by atoms with Crippen LogP contribution in [0.4, 0.5) is 5.69 Å². The molecule has 5 heteroatoms. The summed E-state index contributed by atoms with van der Waals surface area (Å²) in [7, 11) is 0. The Balaban J connectivity index is 1.27. The summed E-state index contributed by atoms with van der Waals surface area (Å²) in [6.07, 6.45) is 1.81. The Morgan fingerprint density at radius 1 is 1.11 bits per heavy atom. The molecule has 1 heterocycles. The van der Waals surface area contributed by atoms with Crippen molar-refractivity contribution in [1.29, 1.82) is 0 Å². The first-order valence-corrected chi connectivity index (χ1v) is 9.45. The number of hydrogen-bond donors (Lipinski definition) is 1. The maximum atomic E-state index is 12.8. The molecule has 1 aliphatic heterocycles. The molecule has 1 amide bonds. The fourth-order valence-electron chi connectivity index (χ4n) is 4.99. The Morgan fingerprint density at radius 3 is 2.67 bits per heavy atom. The van der Waals surface area contributed by atoms with E-state index < -0.39 is 0 Å². The molecule has 0 aromatic heterocycles. The van der Waals surface area contributed by atoms with E-state index in [1.165, 1.54) is 0 Å². The molecule has 3 aliphatic rings. The highest BCUT2D eigenvalue weighted by Gasteiger charge is 2.63. The molecule has 5 atom stereocenters. The van der Waals surface area contributed by atoms with Gasteiger partial charge < -0.3 is 14.8 Å². The first kappa shape index (κ1) is 16.4. The number of carbonyl (C=O) groups excluding carboxylic acids is 2. The van der Waals surface area contributed by atoms with Gasteiger partial charge in [-0.25, -0.2) is 0 Å². The Labute approximate surface area is 157 Å². The van der Waals surface area contributed by atoms with Crippen molar-refractivity contribution in [2.45, 2.75) is 25.9 Å². The van der Waals surface area contributed by atoms with E-state index in [9.17, 15) is 9.59 Å². The number of hydrogen-bond acceptors (Lipinski definition) is 4. The maximum Gasteiger partial charge on any atom is 0.310 e. The molecule has 1 saturated heterocycles. The largest absolute Gasteiger partial charge is 0.462 e. The first-order valence-electron chi connectivity index (χ1n) is 9.45. The van der Waals surface area contributed by atoms with Crippen LogP contribution in [0.5, 0.6) is 11.5 Å². The van der Waals surface area contributed by atoms with E-state index in [2.05, 4.69) is 5.32 Å². The maximum absolute atomic E-state index is 12.8. The number of esters is 1. The van der Waals surface area contributed by atoms with Gasteiger partial charge in [0.05, 0.1) is 11.8 Å². The molecule has 1 N–H and O–H groups in total. The Kier molecular flexibility index (Phi) is 3.71. The molecule has 0 unspecified atom stereocenters. The minimum Gasteiger partial charge on any atom is -0.462 e. The smallest absolute Gasteiger partial charge is 0.310 e. The second-order valence-electron chi connectivity index (χ2n) is 7.80. The molecular formula is C22H21NO4. The summed E-state index contributed by atoms with van der Waals surface area (Å²) in [5.41, 5.74) is 1.77. The molecule has 2 aromatic rings. The Hall–Kier alpha value is -2.82. The first-order chi connectivity index (χ1) is 13.1. The molecule has 2 saturated carbocycles. The highest BCUT2D eigenvalue weighted by atomic mass is 16.6. The third-order valence-electron chi connectivity index (χ3n) is 6.23. The summed E-state index contributed by atoms with van der Waals surface area (Å²) in [5, 5.41) is 2.97. The van der Waals surface area contributed by atoms with Crippen LogP contribution in [0.1, 0.15) is 18.4 Å². The van der Waals surface area contributed by atoms with Crippen LogP contribution in [0, 0.1) is 30.6 Å². The molecule has 0 radical (unpaired) electrons. The zero-order chi connectivity index (χ0) is 18.5. The quantitative estimate of drug-likeness (QED) is 0.836. The number of para-hydroxylation sites is 1. The number of anilines is 1. The van der Waals surface area contributed by atoms with E-state index in [-0.39, 0.29) is 41.7 Å². The number of aryl methyl sites for hydroxylation is 1. The standard InChI is InChI=1S/C22H21NO4/c1-12-4-2-3-5-17(12)26-15-8-6-14(7-9-15)23-21(24)19-13-10-16-18(11-13)27-22(25)20(16)19/h2-9,13,16,18-20H,10-11H2,1H3,(H,23,24)/t13-,16+,18+,19-,20+/m1/s1. The van der Waals surface area contributed by atoms with Crippen LogP contribution >= 0.6 is 0 Å². The van der Waals surface area contributed by atoms with Gasteiger partial charge in [-0.3, -0.25) is 9.59 Å². The average Bonchev–Trinajstić information content (AvgIpc) is 3.27. The van der Waals surface area contributed by atoms with Crippen LogP contribution in [0.3, 0.4) is 0 Å². The fraction of sp³-hybridized carbons (Fsp3) is 0.364. The zero-order valence-corrected chi connectivity index (χ0v) is 15.1. The predicted molar refractivity (Wildman–Crippen MR) is 99.4 cm³/mol. The van der Waals surface area contributed by atoms with Gasteiger partial charge in [-0.15, -0.1) is 0 Å². The van der Waals surface area contributed by atoms with Crippen molar-refractivity contribution in [2.24, 2.45) is 23.7 Å². The second kappa shape index (κ2) is 6.12. The zero-order valence-electron chi connectivity index (χ0n) is 15.1. The van der Waals surface area contributed by atoms with Gasteiger partial charge in [0, 0.05) is 11.6 Å². The van der Waals surface area contributed by atoms with Gasteiger partial charge in [0.2, 0.25) is 5.91 Å². The van der Waals surface area contributed by atoms with Crippen molar-refractivity contribution in [3.05, 3.63) is 54.1 Å². The molecular weight excluding hydrogens is 342 g/mol. The summed E-state index contributed by atoms with van der Waals surface area (Å²) < 4.78 is 11.3. The number of carbonyl (C=O) groups is 2. The summed E-state index contributed by atoms with van der Waals surface area (Å²) >= 11 is 0. The number of amides is 1. The molecule has 5 nitrogen and oxygen atoms in total. The van der Waals surface area contributed by atoms with Gasteiger partial charge in [-0.1, -0.05) is 18.2 Å². The third-order valence-corrected chi connectivity index (χ3v) is 6.23. The minimum atomic E-state index is -0.260. The van der Waals surface area contributed by atoms with E-state index >= 15 is 0 Å². The number of fused-ring (bicyclic) bond motifs is 1. The SMILES string of the molecule is Cc1ccccc1Oc1ccc(NC(=O)[C@@H]2[C@@H]3C[C@@H]4[C@@H]2C(=O)O[C@H]4C3)cc1. The molecule has 2 bridgehead atoms. The lowest BCUT2D eigenvalue weighted by Gasteiger charge is -2.23. The molecule has 138 valence electrons. The van der Waals surface area contributed by atoms with Crippen molar-refractivity contribution in [3.8, 4) is 11.5 Å². The van der Waals surface area contributed by atoms with Crippen LogP contribution in [0.25, 0.3) is 0 Å². The van der Waals surface area contributed by atoms with Crippen molar-refractivity contribution < 1.29 is 19.1 Å². The summed E-state index contributed by atoms with van der Waals surface area (Å²) in [6.45, 7) is 2.00. The summed E-state index contributed by atoms with van der Waals surface area (Å²) in [4.78, 5) is 24.9. The third kappa shape index (κ3) is 2.69. The van der Waals surface area contributed by atoms with Crippen molar-refractivity contribution in [2.75, 3.05) is 5.32 Å². The average molecular weight is 363 g/mol. The second-order valence-corrected chi connectivity index (χ2v) is 7.80. The van der Waals surface area contributed by atoms with E-state index in [4.69, 9.17) is 9.47 Å². The molecule has 3 fully saturated rings. The highest BCUT2D eigenvalue weighted by molar-refractivity contribution is 5.97. The van der Waals surface area contributed by atoms with Gasteiger partial charge in [-0.05, 0) is 61.6 Å². The van der Waals surface area contributed by atoms with Gasteiger partial charge in [-0.2, -0.15) is 0 Å². The Morgan fingerprint density at radius 2 is 1.89 bits per heavy atom. The molecule has 27 heavy (non-hydrogen) atoms. The van der Waals surface area contributed by atoms with Crippen molar-refractivity contribution in [1.82, 2.24) is 0 Å². The van der Waals surface area contributed by atoms with E-state index in [0.717, 1.165) is 24.2 Å². The van der Waals surface area contributed by atoms with Crippen LogP contribution < -0.4 is 10.1 Å². The highest BCUT2D eigenvalue weighted by Crippen LogP contribution is 2.57. The van der Waals surface area contributed by atoms with Crippen LogP contribution in [0.15, 0.2) is 48.5 Å². The lowest BCUT2D eigenvalue weighted by Crippen LogP contribution is -2.35. The lowest BCUT2D eigenvalue weighted by atomic mass is 9.79. The minimum absolute atomic E-state index is 0.0504. The Bertz CT molecular complexity index is 905. The summed E-state index contributed by atoms with van der Waals surface area (Å²) in [6, 6.07) is 15.2.